The lowest BCUT2D eigenvalue weighted by atomic mass is 10.0. The third kappa shape index (κ3) is 2.26. The Morgan fingerprint density at radius 3 is 2.70 bits per heavy atom. The molecule has 1 aromatic heterocycles. The largest absolute Gasteiger partial charge is 0.456 e. The minimum atomic E-state index is -0.809. The van der Waals surface area contributed by atoms with Gasteiger partial charge >= 0.3 is 0 Å². The lowest BCUT2D eigenvalue weighted by molar-refractivity contribution is 0.191. The van der Waals surface area contributed by atoms with Gasteiger partial charge in [0.25, 0.3) is 0 Å². The Bertz CT molecular complexity index is 779. The van der Waals surface area contributed by atoms with Crippen molar-refractivity contribution in [1.29, 1.82) is 0 Å². The Labute approximate surface area is 130 Å². The van der Waals surface area contributed by atoms with Gasteiger partial charge in [0.1, 0.15) is 11.9 Å². The van der Waals surface area contributed by atoms with Crippen LogP contribution in [0.25, 0.3) is 11.0 Å². The Balaban J connectivity index is 2.10. The first kappa shape index (κ1) is 13.7. The highest BCUT2D eigenvalue weighted by Gasteiger charge is 2.19. The molecule has 0 spiro atoms. The standard InChI is InChI=1S/C16H12BrClO2/c1-9-11(5-3-6-12(9)17)15(19)14-8-10-4-2-7-13(18)16(10)20-14/h2-8,15,19H,1H3. The number of hydrogen-bond donors (Lipinski definition) is 1. The average Bonchev–Trinajstić information content (AvgIpc) is 2.87. The number of halogens is 2. The van der Waals surface area contributed by atoms with Crippen molar-refractivity contribution in [1.82, 2.24) is 0 Å². The molecule has 0 aliphatic rings. The predicted octanol–water partition coefficient (Wildman–Crippen LogP) is 5.24. The molecule has 3 rings (SSSR count). The van der Waals surface area contributed by atoms with Crippen molar-refractivity contribution in [2.75, 3.05) is 0 Å². The van der Waals surface area contributed by atoms with Crippen LogP contribution in [-0.2, 0) is 0 Å². The zero-order chi connectivity index (χ0) is 14.3. The number of aliphatic hydroxyl groups excluding tert-OH is 1. The molecule has 0 bridgehead atoms. The molecule has 1 atom stereocenters. The van der Waals surface area contributed by atoms with Crippen LogP contribution in [0, 0.1) is 6.92 Å². The van der Waals surface area contributed by atoms with E-state index >= 15 is 0 Å². The quantitative estimate of drug-likeness (QED) is 0.685. The summed E-state index contributed by atoms with van der Waals surface area (Å²) in [6.45, 7) is 1.96. The maximum atomic E-state index is 10.5. The van der Waals surface area contributed by atoms with Gasteiger partial charge in [-0.2, -0.15) is 0 Å². The first-order valence-corrected chi connectivity index (χ1v) is 7.36. The molecule has 0 saturated heterocycles. The van der Waals surface area contributed by atoms with Gasteiger partial charge in [-0.05, 0) is 36.2 Å². The smallest absolute Gasteiger partial charge is 0.153 e. The van der Waals surface area contributed by atoms with Crippen LogP contribution in [0.4, 0.5) is 0 Å². The Hall–Kier alpha value is -1.29. The molecular weight excluding hydrogens is 340 g/mol. The fourth-order valence-corrected chi connectivity index (χ4v) is 2.86. The number of para-hydroxylation sites is 1. The second-order valence-electron chi connectivity index (χ2n) is 4.66. The minimum Gasteiger partial charge on any atom is -0.456 e. The number of hydrogen-bond acceptors (Lipinski definition) is 2. The van der Waals surface area contributed by atoms with Gasteiger partial charge in [-0.1, -0.05) is 51.8 Å². The maximum Gasteiger partial charge on any atom is 0.153 e. The summed E-state index contributed by atoms with van der Waals surface area (Å²) in [6.07, 6.45) is -0.809. The summed E-state index contributed by atoms with van der Waals surface area (Å²) in [6, 6.07) is 13.1. The van der Waals surface area contributed by atoms with Crippen molar-refractivity contribution < 1.29 is 9.52 Å². The summed E-state index contributed by atoms with van der Waals surface area (Å²) in [5, 5.41) is 12.0. The van der Waals surface area contributed by atoms with Crippen molar-refractivity contribution in [3.8, 4) is 0 Å². The molecule has 0 aliphatic carbocycles. The van der Waals surface area contributed by atoms with Crippen molar-refractivity contribution in [3.05, 3.63) is 68.8 Å². The average molecular weight is 352 g/mol. The van der Waals surface area contributed by atoms with Gasteiger partial charge < -0.3 is 9.52 Å². The summed E-state index contributed by atoms with van der Waals surface area (Å²) in [5.41, 5.74) is 2.41. The Kier molecular flexibility index (Phi) is 3.59. The minimum absolute atomic E-state index is 0.495. The van der Waals surface area contributed by atoms with Crippen LogP contribution in [0.1, 0.15) is 23.0 Å². The molecule has 102 valence electrons. The van der Waals surface area contributed by atoms with Crippen LogP contribution in [0.5, 0.6) is 0 Å². The Morgan fingerprint density at radius 1 is 1.20 bits per heavy atom. The van der Waals surface area contributed by atoms with Crippen LogP contribution in [0.15, 0.2) is 51.4 Å². The van der Waals surface area contributed by atoms with E-state index in [0.717, 1.165) is 21.0 Å². The lowest BCUT2D eigenvalue weighted by Crippen LogP contribution is -2.00. The second kappa shape index (κ2) is 5.24. The Morgan fingerprint density at radius 2 is 1.95 bits per heavy atom. The number of fused-ring (bicyclic) bond motifs is 1. The molecule has 2 aromatic carbocycles. The van der Waals surface area contributed by atoms with Crippen molar-refractivity contribution >= 4 is 38.5 Å². The van der Waals surface area contributed by atoms with E-state index in [1.165, 1.54) is 0 Å². The zero-order valence-electron chi connectivity index (χ0n) is 10.7. The molecule has 3 aromatic rings. The van der Waals surface area contributed by atoms with Crippen LogP contribution >= 0.6 is 27.5 Å². The van der Waals surface area contributed by atoms with Gasteiger partial charge in [-0.15, -0.1) is 0 Å². The highest BCUT2D eigenvalue weighted by molar-refractivity contribution is 9.10. The van der Waals surface area contributed by atoms with E-state index < -0.39 is 6.10 Å². The molecule has 1 N–H and O–H groups in total. The van der Waals surface area contributed by atoms with Crippen molar-refractivity contribution in [2.24, 2.45) is 0 Å². The van der Waals surface area contributed by atoms with Gasteiger partial charge in [-0.25, -0.2) is 0 Å². The van der Waals surface area contributed by atoms with Gasteiger partial charge in [-0.3, -0.25) is 0 Å². The number of rotatable bonds is 2. The first-order chi connectivity index (χ1) is 9.58. The highest BCUT2D eigenvalue weighted by atomic mass is 79.9. The predicted molar refractivity (Wildman–Crippen MR) is 84.2 cm³/mol. The normalized spacial score (nSPS) is 12.8. The van der Waals surface area contributed by atoms with E-state index in [9.17, 15) is 5.11 Å². The van der Waals surface area contributed by atoms with Gasteiger partial charge in [0, 0.05) is 9.86 Å². The monoisotopic (exact) mass is 350 g/mol. The van der Waals surface area contributed by atoms with E-state index in [1.54, 1.807) is 6.07 Å². The van der Waals surface area contributed by atoms with Crippen molar-refractivity contribution in [2.45, 2.75) is 13.0 Å². The summed E-state index contributed by atoms with van der Waals surface area (Å²) in [5.74, 6) is 0.495. The van der Waals surface area contributed by atoms with Crippen LogP contribution in [-0.4, -0.2) is 5.11 Å². The summed E-state index contributed by atoms with van der Waals surface area (Å²) < 4.78 is 6.67. The van der Waals surface area contributed by atoms with E-state index in [1.807, 2.05) is 43.3 Å². The summed E-state index contributed by atoms with van der Waals surface area (Å²) in [7, 11) is 0. The van der Waals surface area contributed by atoms with E-state index in [4.69, 9.17) is 16.0 Å². The second-order valence-corrected chi connectivity index (χ2v) is 5.93. The molecule has 0 fully saturated rings. The SMILES string of the molecule is Cc1c(Br)cccc1C(O)c1cc2cccc(Cl)c2o1. The zero-order valence-corrected chi connectivity index (χ0v) is 13.1. The molecule has 20 heavy (non-hydrogen) atoms. The van der Waals surface area contributed by atoms with E-state index in [0.29, 0.717) is 16.4 Å². The third-order valence-corrected chi connectivity index (χ3v) is 4.55. The number of furan rings is 1. The van der Waals surface area contributed by atoms with E-state index in [-0.39, 0.29) is 0 Å². The summed E-state index contributed by atoms with van der Waals surface area (Å²) >= 11 is 9.57. The molecule has 4 heteroatoms. The number of aliphatic hydroxyl groups is 1. The third-order valence-electron chi connectivity index (χ3n) is 3.39. The fourth-order valence-electron chi connectivity index (χ4n) is 2.26. The molecular formula is C16H12BrClO2. The molecule has 0 amide bonds. The summed E-state index contributed by atoms with van der Waals surface area (Å²) in [4.78, 5) is 0. The highest BCUT2D eigenvalue weighted by Crippen LogP contribution is 2.34. The number of benzene rings is 2. The van der Waals surface area contributed by atoms with Crippen molar-refractivity contribution in [3.63, 3.8) is 0 Å². The molecule has 0 saturated carbocycles. The molecule has 1 unspecified atom stereocenters. The van der Waals surface area contributed by atoms with Crippen LogP contribution in [0.3, 0.4) is 0 Å². The fraction of sp³-hybridized carbons (Fsp3) is 0.125. The first-order valence-electron chi connectivity index (χ1n) is 6.19. The van der Waals surface area contributed by atoms with E-state index in [2.05, 4.69) is 15.9 Å². The molecule has 2 nitrogen and oxygen atoms in total. The van der Waals surface area contributed by atoms with Gasteiger partial charge in [0.05, 0.1) is 5.02 Å². The van der Waals surface area contributed by atoms with Gasteiger partial charge in [0.2, 0.25) is 0 Å². The van der Waals surface area contributed by atoms with Crippen LogP contribution in [0.2, 0.25) is 5.02 Å². The maximum absolute atomic E-state index is 10.5. The molecule has 0 aliphatic heterocycles. The topological polar surface area (TPSA) is 33.4 Å². The lowest BCUT2D eigenvalue weighted by Gasteiger charge is -2.12. The van der Waals surface area contributed by atoms with Gasteiger partial charge in [0.15, 0.2) is 5.58 Å². The molecule has 1 heterocycles. The molecule has 0 radical (unpaired) electrons. The van der Waals surface area contributed by atoms with Crippen LogP contribution < -0.4 is 0 Å².